The third-order valence-corrected chi connectivity index (χ3v) is 3.72. The third kappa shape index (κ3) is 5.19. The van der Waals surface area contributed by atoms with Gasteiger partial charge in [-0.2, -0.15) is 0 Å². The summed E-state index contributed by atoms with van der Waals surface area (Å²) >= 11 is 0. The number of amides is 2. The number of benzene rings is 1. The van der Waals surface area contributed by atoms with Gasteiger partial charge >= 0.3 is 0 Å². The van der Waals surface area contributed by atoms with Crippen LogP contribution in [0.4, 0.5) is 0 Å². The van der Waals surface area contributed by atoms with Crippen molar-refractivity contribution in [3.8, 4) is 0 Å². The van der Waals surface area contributed by atoms with Crippen LogP contribution in [0.2, 0.25) is 0 Å². The van der Waals surface area contributed by atoms with Crippen molar-refractivity contribution < 1.29 is 19.1 Å². The molecule has 0 saturated carbocycles. The molecule has 1 heterocycles. The average Bonchev–Trinajstić information content (AvgIpc) is 3.11. The summed E-state index contributed by atoms with van der Waals surface area (Å²) in [5.74, 6) is 0.164. The maximum absolute atomic E-state index is 12.3. The molecule has 0 radical (unpaired) electrons. The van der Waals surface area contributed by atoms with E-state index in [0.717, 1.165) is 5.56 Å². The van der Waals surface area contributed by atoms with Gasteiger partial charge in [0.05, 0.1) is 12.9 Å². The molecule has 2 aromatic rings. The SMILES string of the molecule is CC(C)(C)C(=O)NCc1ccc(C(=O)NC(CO)c2ccco2)cc1. The molecule has 6 nitrogen and oxygen atoms in total. The number of furan rings is 1. The molecule has 1 aromatic carbocycles. The fourth-order valence-corrected chi connectivity index (χ4v) is 2.16. The Balaban J connectivity index is 1.95. The van der Waals surface area contributed by atoms with Crippen LogP contribution in [0.15, 0.2) is 47.1 Å². The van der Waals surface area contributed by atoms with E-state index in [1.54, 1.807) is 36.4 Å². The number of nitrogens with one attached hydrogen (secondary N) is 2. The number of hydrogen-bond donors (Lipinski definition) is 3. The van der Waals surface area contributed by atoms with Gasteiger partial charge in [0.2, 0.25) is 5.91 Å². The smallest absolute Gasteiger partial charge is 0.251 e. The zero-order valence-corrected chi connectivity index (χ0v) is 14.7. The number of rotatable bonds is 6. The molecule has 0 saturated heterocycles. The first kappa shape index (κ1) is 18.7. The molecule has 3 N–H and O–H groups in total. The van der Waals surface area contributed by atoms with Gasteiger partial charge in [-0.05, 0) is 29.8 Å². The number of carbonyl (C=O) groups is 2. The lowest BCUT2D eigenvalue weighted by Crippen LogP contribution is -2.34. The second kappa shape index (κ2) is 7.98. The topological polar surface area (TPSA) is 91.6 Å². The quantitative estimate of drug-likeness (QED) is 0.750. The third-order valence-electron chi connectivity index (χ3n) is 3.72. The van der Waals surface area contributed by atoms with Crippen molar-refractivity contribution >= 4 is 11.8 Å². The molecule has 2 amide bonds. The van der Waals surface area contributed by atoms with Gasteiger partial charge < -0.3 is 20.2 Å². The zero-order chi connectivity index (χ0) is 18.4. The minimum atomic E-state index is -0.590. The zero-order valence-electron chi connectivity index (χ0n) is 14.7. The Hall–Kier alpha value is -2.60. The van der Waals surface area contributed by atoms with Crippen molar-refractivity contribution in [3.05, 3.63) is 59.5 Å². The molecular weight excluding hydrogens is 320 g/mol. The Labute approximate surface area is 147 Å². The Bertz CT molecular complexity index is 700. The molecule has 2 rings (SSSR count). The lowest BCUT2D eigenvalue weighted by Gasteiger charge is -2.17. The first-order valence-electron chi connectivity index (χ1n) is 8.13. The van der Waals surface area contributed by atoms with Gasteiger partial charge in [0, 0.05) is 17.5 Å². The highest BCUT2D eigenvalue weighted by atomic mass is 16.3. The van der Waals surface area contributed by atoms with Crippen LogP contribution in [-0.4, -0.2) is 23.5 Å². The summed E-state index contributed by atoms with van der Waals surface area (Å²) in [6.45, 7) is 5.71. The maximum atomic E-state index is 12.3. The number of hydrogen-bond acceptors (Lipinski definition) is 4. The summed E-state index contributed by atoms with van der Waals surface area (Å²) in [6.07, 6.45) is 1.49. The monoisotopic (exact) mass is 344 g/mol. The van der Waals surface area contributed by atoms with E-state index in [0.29, 0.717) is 17.9 Å². The number of aliphatic hydroxyl groups excluding tert-OH is 1. The molecule has 1 atom stereocenters. The van der Waals surface area contributed by atoms with E-state index in [9.17, 15) is 14.7 Å². The van der Waals surface area contributed by atoms with Crippen molar-refractivity contribution in [3.63, 3.8) is 0 Å². The summed E-state index contributed by atoms with van der Waals surface area (Å²) in [7, 11) is 0. The lowest BCUT2D eigenvalue weighted by atomic mass is 9.95. The van der Waals surface area contributed by atoms with Crippen molar-refractivity contribution in [1.82, 2.24) is 10.6 Å². The van der Waals surface area contributed by atoms with E-state index in [1.807, 2.05) is 20.8 Å². The standard InChI is InChI=1S/C19H24N2O4/c1-19(2,3)18(24)20-11-13-6-8-14(9-7-13)17(23)21-15(12-22)16-5-4-10-25-16/h4-10,15,22H,11-12H2,1-3H3,(H,20,24)(H,21,23). The predicted molar refractivity (Wildman–Crippen MR) is 93.7 cm³/mol. The van der Waals surface area contributed by atoms with Crippen molar-refractivity contribution in [1.29, 1.82) is 0 Å². The van der Waals surface area contributed by atoms with Crippen LogP contribution in [-0.2, 0) is 11.3 Å². The normalized spacial score (nSPS) is 12.5. The van der Waals surface area contributed by atoms with E-state index < -0.39 is 11.5 Å². The van der Waals surface area contributed by atoms with Gasteiger partial charge in [0.15, 0.2) is 0 Å². The average molecular weight is 344 g/mol. The van der Waals surface area contributed by atoms with E-state index in [2.05, 4.69) is 10.6 Å². The van der Waals surface area contributed by atoms with Crippen LogP contribution in [0.3, 0.4) is 0 Å². The van der Waals surface area contributed by atoms with Gasteiger partial charge in [0.1, 0.15) is 11.8 Å². The Morgan fingerprint density at radius 3 is 2.36 bits per heavy atom. The highest BCUT2D eigenvalue weighted by molar-refractivity contribution is 5.94. The predicted octanol–water partition coefficient (Wildman–Crippen LogP) is 2.41. The fraction of sp³-hybridized carbons (Fsp3) is 0.368. The molecule has 0 bridgehead atoms. The molecular formula is C19H24N2O4. The van der Waals surface area contributed by atoms with Gasteiger partial charge in [-0.25, -0.2) is 0 Å². The van der Waals surface area contributed by atoms with Gasteiger partial charge in [-0.3, -0.25) is 9.59 Å². The van der Waals surface area contributed by atoms with E-state index >= 15 is 0 Å². The summed E-state index contributed by atoms with van der Waals surface area (Å²) in [4.78, 5) is 24.2. The lowest BCUT2D eigenvalue weighted by molar-refractivity contribution is -0.128. The second-order valence-corrected chi connectivity index (χ2v) is 6.85. The molecule has 0 spiro atoms. The minimum Gasteiger partial charge on any atom is -0.467 e. The highest BCUT2D eigenvalue weighted by Crippen LogP contribution is 2.15. The molecule has 25 heavy (non-hydrogen) atoms. The fourth-order valence-electron chi connectivity index (χ4n) is 2.16. The molecule has 0 fully saturated rings. The van der Waals surface area contributed by atoms with Gasteiger partial charge in [-0.15, -0.1) is 0 Å². The van der Waals surface area contributed by atoms with Crippen LogP contribution in [0, 0.1) is 5.41 Å². The largest absolute Gasteiger partial charge is 0.467 e. The van der Waals surface area contributed by atoms with E-state index in [4.69, 9.17) is 4.42 Å². The van der Waals surface area contributed by atoms with Crippen molar-refractivity contribution in [2.24, 2.45) is 5.41 Å². The van der Waals surface area contributed by atoms with E-state index in [1.165, 1.54) is 6.26 Å². The molecule has 0 aliphatic carbocycles. The number of carbonyl (C=O) groups excluding carboxylic acids is 2. The Kier molecular flexibility index (Phi) is 5.98. The summed E-state index contributed by atoms with van der Waals surface area (Å²) in [5.41, 5.74) is 0.931. The van der Waals surface area contributed by atoms with Crippen LogP contribution in [0.1, 0.15) is 48.5 Å². The second-order valence-electron chi connectivity index (χ2n) is 6.85. The summed E-state index contributed by atoms with van der Waals surface area (Å²) in [6, 6.07) is 9.76. The van der Waals surface area contributed by atoms with Crippen LogP contribution >= 0.6 is 0 Å². The first-order valence-corrected chi connectivity index (χ1v) is 8.13. The van der Waals surface area contributed by atoms with Crippen LogP contribution in [0.5, 0.6) is 0 Å². The summed E-state index contributed by atoms with van der Waals surface area (Å²) in [5, 5.41) is 15.0. The maximum Gasteiger partial charge on any atom is 0.251 e. The minimum absolute atomic E-state index is 0.0291. The van der Waals surface area contributed by atoms with E-state index in [-0.39, 0.29) is 18.4 Å². The van der Waals surface area contributed by atoms with Crippen molar-refractivity contribution in [2.75, 3.05) is 6.61 Å². The van der Waals surface area contributed by atoms with Gasteiger partial charge in [-0.1, -0.05) is 32.9 Å². The molecule has 0 aliphatic heterocycles. The number of aliphatic hydroxyl groups is 1. The van der Waals surface area contributed by atoms with Crippen LogP contribution < -0.4 is 10.6 Å². The van der Waals surface area contributed by atoms with Crippen molar-refractivity contribution in [2.45, 2.75) is 33.4 Å². The highest BCUT2D eigenvalue weighted by Gasteiger charge is 2.20. The molecule has 1 aromatic heterocycles. The first-order chi connectivity index (χ1) is 11.8. The Morgan fingerprint density at radius 1 is 1.16 bits per heavy atom. The van der Waals surface area contributed by atoms with Crippen LogP contribution in [0.25, 0.3) is 0 Å². The molecule has 1 unspecified atom stereocenters. The molecule has 0 aliphatic rings. The van der Waals surface area contributed by atoms with Gasteiger partial charge in [0.25, 0.3) is 5.91 Å². The molecule has 134 valence electrons. The summed E-state index contributed by atoms with van der Waals surface area (Å²) < 4.78 is 5.21. The molecule has 6 heteroatoms. The Morgan fingerprint density at radius 2 is 1.84 bits per heavy atom.